The summed E-state index contributed by atoms with van der Waals surface area (Å²) in [5, 5.41) is 0. The monoisotopic (exact) mass is 421 g/mol. The second-order valence-electron chi connectivity index (χ2n) is 4.36. The molecule has 0 spiro atoms. The van der Waals surface area contributed by atoms with Crippen LogP contribution in [0.3, 0.4) is 0 Å². The lowest BCUT2D eigenvalue weighted by Crippen LogP contribution is -2.30. The number of hydrogen-bond donors (Lipinski definition) is 1. The molecule has 0 aliphatic carbocycles. The number of rotatable bonds is 5. The van der Waals surface area contributed by atoms with Crippen LogP contribution in [0.1, 0.15) is 24.3 Å². The third-order valence-electron chi connectivity index (χ3n) is 2.83. The van der Waals surface area contributed by atoms with E-state index in [1.807, 2.05) is 19.1 Å². The van der Waals surface area contributed by atoms with Gasteiger partial charge in [0.15, 0.2) is 0 Å². The Morgan fingerprint density at radius 3 is 2.60 bits per heavy atom. The number of ether oxygens (including phenoxy) is 1. The molecule has 0 saturated carbocycles. The SMILES string of the molecule is CCC(N)C(Oc1cc(F)cc(Br)c1)c1ccc(Br)s1. The summed E-state index contributed by atoms with van der Waals surface area (Å²) in [4.78, 5) is 1.02. The van der Waals surface area contributed by atoms with Crippen molar-refractivity contribution in [3.63, 3.8) is 0 Å². The minimum Gasteiger partial charge on any atom is -0.483 e. The molecular weight excluding hydrogens is 409 g/mol. The maximum absolute atomic E-state index is 13.4. The topological polar surface area (TPSA) is 35.2 Å². The van der Waals surface area contributed by atoms with Crippen molar-refractivity contribution in [1.29, 1.82) is 0 Å². The van der Waals surface area contributed by atoms with E-state index in [1.54, 1.807) is 17.4 Å². The average Bonchev–Trinajstić information content (AvgIpc) is 2.80. The molecule has 6 heteroatoms. The van der Waals surface area contributed by atoms with E-state index in [2.05, 4.69) is 31.9 Å². The summed E-state index contributed by atoms with van der Waals surface area (Å²) in [6, 6.07) is 8.28. The van der Waals surface area contributed by atoms with Crippen LogP contribution in [-0.2, 0) is 0 Å². The van der Waals surface area contributed by atoms with E-state index in [0.29, 0.717) is 10.2 Å². The molecule has 2 rings (SSSR count). The number of benzene rings is 1. The summed E-state index contributed by atoms with van der Waals surface area (Å²) in [6.07, 6.45) is 0.487. The van der Waals surface area contributed by atoms with Crippen molar-refractivity contribution in [2.24, 2.45) is 5.73 Å². The average molecular weight is 423 g/mol. The summed E-state index contributed by atoms with van der Waals surface area (Å²) in [7, 11) is 0. The fourth-order valence-corrected chi connectivity index (χ4v) is 3.77. The van der Waals surface area contributed by atoms with E-state index < -0.39 is 0 Å². The van der Waals surface area contributed by atoms with Gasteiger partial charge in [-0.25, -0.2) is 4.39 Å². The van der Waals surface area contributed by atoms with Gasteiger partial charge in [0.05, 0.1) is 3.79 Å². The maximum atomic E-state index is 13.4. The minimum absolute atomic E-state index is 0.150. The molecule has 0 aliphatic heterocycles. The second kappa shape index (κ2) is 7.02. The van der Waals surface area contributed by atoms with Gasteiger partial charge in [0, 0.05) is 21.5 Å². The highest BCUT2D eigenvalue weighted by Crippen LogP contribution is 2.33. The summed E-state index contributed by atoms with van der Waals surface area (Å²) in [6.45, 7) is 2.01. The number of hydrogen-bond acceptors (Lipinski definition) is 3. The van der Waals surface area contributed by atoms with Gasteiger partial charge in [0.2, 0.25) is 0 Å². The number of thiophene rings is 1. The third-order valence-corrected chi connectivity index (χ3v) is 4.98. The van der Waals surface area contributed by atoms with E-state index in [-0.39, 0.29) is 18.0 Å². The molecule has 0 fully saturated rings. The molecule has 20 heavy (non-hydrogen) atoms. The Balaban J connectivity index is 2.28. The van der Waals surface area contributed by atoms with Gasteiger partial charge in [0.25, 0.3) is 0 Å². The first-order valence-electron chi connectivity index (χ1n) is 6.13. The summed E-state index contributed by atoms with van der Waals surface area (Å²) >= 11 is 8.27. The van der Waals surface area contributed by atoms with Crippen molar-refractivity contribution in [3.05, 3.63) is 49.3 Å². The molecule has 2 N–H and O–H groups in total. The lowest BCUT2D eigenvalue weighted by molar-refractivity contribution is 0.174. The Morgan fingerprint density at radius 2 is 2.05 bits per heavy atom. The van der Waals surface area contributed by atoms with Crippen LogP contribution in [0.4, 0.5) is 4.39 Å². The fourth-order valence-electron chi connectivity index (χ4n) is 1.79. The Kier molecular flexibility index (Phi) is 5.60. The molecule has 0 saturated heterocycles. The molecule has 1 aromatic carbocycles. The van der Waals surface area contributed by atoms with Crippen molar-refractivity contribution in [2.75, 3.05) is 0 Å². The molecule has 2 aromatic rings. The summed E-state index contributed by atoms with van der Waals surface area (Å²) < 4.78 is 21.0. The molecule has 0 radical (unpaired) electrons. The van der Waals surface area contributed by atoms with Crippen LogP contribution in [-0.4, -0.2) is 6.04 Å². The highest BCUT2D eigenvalue weighted by molar-refractivity contribution is 9.11. The molecule has 0 amide bonds. The van der Waals surface area contributed by atoms with Gasteiger partial charge in [-0.05, 0) is 46.6 Å². The van der Waals surface area contributed by atoms with Gasteiger partial charge in [0.1, 0.15) is 17.7 Å². The van der Waals surface area contributed by atoms with E-state index in [4.69, 9.17) is 10.5 Å². The molecule has 0 bridgehead atoms. The van der Waals surface area contributed by atoms with E-state index in [1.165, 1.54) is 12.1 Å². The summed E-state index contributed by atoms with van der Waals surface area (Å²) in [5.41, 5.74) is 6.14. The zero-order chi connectivity index (χ0) is 14.7. The Labute approximate surface area is 138 Å². The fraction of sp³-hybridized carbons (Fsp3) is 0.286. The number of halogens is 3. The predicted octanol–water partition coefficient (Wildman–Crippen LogP) is 5.27. The Hall–Kier alpha value is -0.430. The van der Waals surface area contributed by atoms with E-state index >= 15 is 0 Å². The smallest absolute Gasteiger partial charge is 0.148 e. The van der Waals surface area contributed by atoms with E-state index in [9.17, 15) is 4.39 Å². The van der Waals surface area contributed by atoms with Gasteiger partial charge < -0.3 is 10.5 Å². The molecule has 2 atom stereocenters. The molecule has 2 unspecified atom stereocenters. The van der Waals surface area contributed by atoms with Gasteiger partial charge in [-0.1, -0.05) is 22.9 Å². The first kappa shape index (κ1) is 15.9. The molecule has 108 valence electrons. The molecule has 1 aromatic heterocycles. The Morgan fingerprint density at radius 1 is 1.30 bits per heavy atom. The lowest BCUT2D eigenvalue weighted by atomic mass is 10.1. The largest absolute Gasteiger partial charge is 0.483 e. The molecule has 1 heterocycles. The zero-order valence-electron chi connectivity index (χ0n) is 10.8. The van der Waals surface area contributed by atoms with Crippen molar-refractivity contribution in [3.8, 4) is 5.75 Å². The van der Waals surface area contributed by atoms with Gasteiger partial charge >= 0.3 is 0 Å². The maximum Gasteiger partial charge on any atom is 0.148 e. The molecular formula is C14H14Br2FNOS. The van der Waals surface area contributed by atoms with Crippen LogP contribution in [0, 0.1) is 5.82 Å². The normalized spacial score (nSPS) is 14.1. The van der Waals surface area contributed by atoms with Crippen LogP contribution in [0.15, 0.2) is 38.6 Å². The standard InChI is InChI=1S/C14H14Br2FNOS/c1-2-11(18)14(12-3-4-13(16)20-12)19-10-6-8(15)5-9(17)7-10/h3-7,11,14H,2,18H2,1H3. The third kappa shape index (κ3) is 4.04. The van der Waals surface area contributed by atoms with Crippen molar-refractivity contribution in [1.82, 2.24) is 0 Å². The van der Waals surface area contributed by atoms with Crippen LogP contribution in [0.2, 0.25) is 0 Å². The van der Waals surface area contributed by atoms with Crippen LogP contribution < -0.4 is 10.5 Å². The van der Waals surface area contributed by atoms with Crippen molar-refractivity contribution < 1.29 is 9.13 Å². The first-order chi connectivity index (χ1) is 9.49. The Bertz CT molecular complexity index is 570. The first-order valence-corrected chi connectivity index (χ1v) is 8.53. The van der Waals surface area contributed by atoms with Crippen LogP contribution >= 0.6 is 43.2 Å². The predicted molar refractivity (Wildman–Crippen MR) is 87.8 cm³/mol. The van der Waals surface area contributed by atoms with Gasteiger partial charge in [-0.2, -0.15) is 0 Å². The second-order valence-corrected chi connectivity index (χ2v) is 7.77. The van der Waals surface area contributed by atoms with Crippen molar-refractivity contribution >= 4 is 43.2 Å². The lowest BCUT2D eigenvalue weighted by Gasteiger charge is -2.23. The van der Waals surface area contributed by atoms with Crippen LogP contribution in [0.5, 0.6) is 5.75 Å². The highest BCUT2D eigenvalue weighted by Gasteiger charge is 2.22. The zero-order valence-corrected chi connectivity index (χ0v) is 14.8. The van der Waals surface area contributed by atoms with Gasteiger partial charge in [-0.15, -0.1) is 11.3 Å². The molecule has 0 aliphatic rings. The number of nitrogens with two attached hydrogens (primary N) is 1. The van der Waals surface area contributed by atoms with Crippen molar-refractivity contribution in [2.45, 2.75) is 25.5 Å². The summed E-state index contributed by atoms with van der Waals surface area (Å²) in [5.74, 6) is 0.126. The highest BCUT2D eigenvalue weighted by atomic mass is 79.9. The molecule has 2 nitrogen and oxygen atoms in total. The van der Waals surface area contributed by atoms with Crippen LogP contribution in [0.25, 0.3) is 0 Å². The van der Waals surface area contributed by atoms with E-state index in [0.717, 1.165) is 15.1 Å². The van der Waals surface area contributed by atoms with Gasteiger partial charge in [-0.3, -0.25) is 0 Å². The quantitative estimate of drug-likeness (QED) is 0.712. The minimum atomic E-state index is -0.342.